The fourth-order valence-electron chi connectivity index (χ4n) is 1.40. The molecule has 2 nitrogen and oxygen atoms in total. The van der Waals surface area contributed by atoms with Gasteiger partial charge in [-0.2, -0.15) is 0 Å². The second-order valence-electron chi connectivity index (χ2n) is 3.26. The summed E-state index contributed by atoms with van der Waals surface area (Å²) < 4.78 is 0. The average molecular weight is 176 g/mol. The molecule has 1 aromatic rings. The van der Waals surface area contributed by atoms with E-state index in [9.17, 15) is 0 Å². The highest BCUT2D eigenvalue weighted by Crippen LogP contribution is 2.17. The smallest absolute Gasteiger partial charge is 0.0423 e. The van der Waals surface area contributed by atoms with Crippen LogP contribution in [0.5, 0.6) is 0 Å². The van der Waals surface area contributed by atoms with Gasteiger partial charge in [-0.15, -0.1) is 6.58 Å². The van der Waals surface area contributed by atoms with Crippen LogP contribution in [0.2, 0.25) is 0 Å². The first-order valence-corrected chi connectivity index (χ1v) is 4.45. The first-order chi connectivity index (χ1) is 6.15. The molecular formula is C11H16N2. The van der Waals surface area contributed by atoms with E-state index in [4.69, 9.17) is 5.73 Å². The van der Waals surface area contributed by atoms with Crippen LogP contribution in [0.25, 0.3) is 0 Å². The molecular weight excluding hydrogens is 160 g/mol. The molecule has 0 bridgehead atoms. The van der Waals surface area contributed by atoms with Crippen molar-refractivity contribution in [1.82, 2.24) is 4.98 Å². The van der Waals surface area contributed by atoms with E-state index in [1.165, 1.54) is 0 Å². The van der Waals surface area contributed by atoms with E-state index in [-0.39, 0.29) is 6.04 Å². The highest BCUT2D eigenvalue weighted by atomic mass is 14.7. The highest BCUT2D eigenvalue weighted by Gasteiger charge is 2.07. The summed E-state index contributed by atoms with van der Waals surface area (Å²) in [6, 6.07) is 4.07. The van der Waals surface area contributed by atoms with E-state index in [1.807, 2.05) is 32.1 Å². The predicted molar refractivity (Wildman–Crippen MR) is 55.5 cm³/mol. The summed E-state index contributed by atoms with van der Waals surface area (Å²) in [6.45, 7) is 7.65. The Hall–Kier alpha value is -1.15. The van der Waals surface area contributed by atoms with Gasteiger partial charge in [-0.05, 0) is 31.9 Å². The SMILES string of the molecule is C=CC[C@H](N)c1ccc(C)nc1C. The zero-order valence-electron chi connectivity index (χ0n) is 8.25. The minimum absolute atomic E-state index is 0.0330. The van der Waals surface area contributed by atoms with E-state index < -0.39 is 0 Å². The van der Waals surface area contributed by atoms with E-state index >= 15 is 0 Å². The van der Waals surface area contributed by atoms with E-state index in [1.54, 1.807) is 0 Å². The number of hydrogen-bond acceptors (Lipinski definition) is 2. The standard InChI is InChI=1S/C11H16N2/c1-4-5-11(12)10-7-6-8(2)13-9(10)3/h4,6-7,11H,1,5,12H2,2-3H3/t11-/m0/s1. The number of pyridine rings is 1. The lowest BCUT2D eigenvalue weighted by atomic mass is 10.0. The third-order valence-electron chi connectivity index (χ3n) is 2.09. The monoisotopic (exact) mass is 176 g/mol. The Bertz CT molecular complexity index is 305. The maximum absolute atomic E-state index is 5.95. The summed E-state index contributed by atoms with van der Waals surface area (Å²) in [7, 11) is 0. The van der Waals surface area contributed by atoms with Crippen LogP contribution in [0.15, 0.2) is 24.8 Å². The molecule has 0 unspecified atom stereocenters. The van der Waals surface area contributed by atoms with E-state index in [0.717, 1.165) is 23.4 Å². The molecule has 0 saturated carbocycles. The van der Waals surface area contributed by atoms with Gasteiger partial charge in [0.2, 0.25) is 0 Å². The molecule has 0 amide bonds. The second kappa shape index (κ2) is 4.19. The summed E-state index contributed by atoms with van der Waals surface area (Å²) in [4.78, 5) is 4.36. The number of aromatic nitrogens is 1. The van der Waals surface area contributed by atoms with Crippen molar-refractivity contribution < 1.29 is 0 Å². The fourth-order valence-corrected chi connectivity index (χ4v) is 1.40. The molecule has 0 aromatic carbocycles. The third-order valence-corrected chi connectivity index (χ3v) is 2.09. The molecule has 13 heavy (non-hydrogen) atoms. The topological polar surface area (TPSA) is 38.9 Å². The number of hydrogen-bond donors (Lipinski definition) is 1. The largest absolute Gasteiger partial charge is 0.324 e. The van der Waals surface area contributed by atoms with Gasteiger partial charge in [-0.25, -0.2) is 0 Å². The van der Waals surface area contributed by atoms with Crippen LogP contribution in [-0.2, 0) is 0 Å². The molecule has 0 aliphatic rings. The Balaban J connectivity index is 2.94. The maximum atomic E-state index is 5.95. The van der Waals surface area contributed by atoms with Crippen molar-refractivity contribution >= 4 is 0 Å². The first kappa shape index (κ1) is 9.93. The average Bonchev–Trinajstić information content (AvgIpc) is 2.04. The number of rotatable bonds is 3. The van der Waals surface area contributed by atoms with Gasteiger partial charge in [0.15, 0.2) is 0 Å². The Morgan fingerprint density at radius 3 is 2.77 bits per heavy atom. The van der Waals surface area contributed by atoms with Crippen molar-refractivity contribution in [2.24, 2.45) is 5.73 Å². The van der Waals surface area contributed by atoms with Crippen LogP contribution in [0.1, 0.15) is 29.4 Å². The summed E-state index contributed by atoms with van der Waals surface area (Å²) in [6.07, 6.45) is 2.63. The third kappa shape index (κ3) is 2.39. The second-order valence-corrected chi connectivity index (χ2v) is 3.26. The molecule has 2 heteroatoms. The summed E-state index contributed by atoms with van der Waals surface area (Å²) >= 11 is 0. The predicted octanol–water partition coefficient (Wildman–Crippen LogP) is 2.27. The molecule has 1 aromatic heterocycles. The van der Waals surface area contributed by atoms with Gasteiger partial charge in [0.25, 0.3) is 0 Å². The van der Waals surface area contributed by atoms with Crippen molar-refractivity contribution in [3.05, 3.63) is 41.7 Å². The van der Waals surface area contributed by atoms with Crippen LogP contribution in [0, 0.1) is 13.8 Å². The highest BCUT2D eigenvalue weighted by molar-refractivity contribution is 5.25. The zero-order chi connectivity index (χ0) is 9.84. The first-order valence-electron chi connectivity index (χ1n) is 4.45. The molecule has 0 aliphatic carbocycles. The lowest BCUT2D eigenvalue weighted by Gasteiger charge is -2.12. The molecule has 0 aliphatic heterocycles. The van der Waals surface area contributed by atoms with Crippen molar-refractivity contribution in [3.8, 4) is 0 Å². The molecule has 1 heterocycles. The molecule has 70 valence electrons. The fraction of sp³-hybridized carbons (Fsp3) is 0.364. The summed E-state index contributed by atoms with van der Waals surface area (Å²) in [5.41, 5.74) is 9.12. The minimum atomic E-state index is 0.0330. The van der Waals surface area contributed by atoms with Crippen LogP contribution in [0.3, 0.4) is 0 Å². The van der Waals surface area contributed by atoms with Crippen LogP contribution in [-0.4, -0.2) is 4.98 Å². The lowest BCUT2D eigenvalue weighted by Crippen LogP contribution is -2.11. The van der Waals surface area contributed by atoms with Crippen molar-refractivity contribution in [2.75, 3.05) is 0 Å². The Morgan fingerprint density at radius 1 is 1.54 bits per heavy atom. The molecule has 1 atom stereocenters. The van der Waals surface area contributed by atoms with Crippen molar-refractivity contribution in [3.63, 3.8) is 0 Å². The minimum Gasteiger partial charge on any atom is -0.324 e. The van der Waals surface area contributed by atoms with Crippen LogP contribution >= 0.6 is 0 Å². The molecule has 0 fully saturated rings. The van der Waals surface area contributed by atoms with Gasteiger partial charge in [-0.3, -0.25) is 4.98 Å². The summed E-state index contributed by atoms with van der Waals surface area (Å²) in [5.74, 6) is 0. The number of nitrogens with two attached hydrogens (primary N) is 1. The van der Waals surface area contributed by atoms with E-state index in [0.29, 0.717) is 0 Å². The van der Waals surface area contributed by atoms with Gasteiger partial charge < -0.3 is 5.73 Å². The Kier molecular flexibility index (Phi) is 3.20. The van der Waals surface area contributed by atoms with Gasteiger partial charge in [0, 0.05) is 17.4 Å². The van der Waals surface area contributed by atoms with Gasteiger partial charge in [0.05, 0.1) is 0 Å². The lowest BCUT2D eigenvalue weighted by molar-refractivity contribution is 0.728. The molecule has 0 saturated heterocycles. The number of aryl methyl sites for hydroxylation is 2. The van der Waals surface area contributed by atoms with E-state index in [2.05, 4.69) is 11.6 Å². The summed E-state index contributed by atoms with van der Waals surface area (Å²) in [5, 5.41) is 0. The van der Waals surface area contributed by atoms with Crippen LogP contribution < -0.4 is 5.73 Å². The normalized spacial score (nSPS) is 12.5. The quantitative estimate of drug-likeness (QED) is 0.717. The van der Waals surface area contributed by atoms with Gasteiger partial charge in [0.1, 0.15) is 0 Å². The Labute approximate surface area is 79.5 Å². The molecule has 2 N–H and O–H groups in total. The van der Waals surface area contributed by atoms with Crippen molar-refractivity contribution in [1.29, 1.82) is 0 Å². The molecule has 1 rings (SSSR count). The zero-order valence-corrected chi connectivity index (χ0v) is 8.25. The maximum Gasteiger partial charge on any atom is 0.0423 e. The number of nitrogens with zero attached hydrogens (tertiary/aromatic N) is 1. The Morgan fingerprint density at radius 2 is 2.23 bits per heavy atom. The molecule has 0 spiro atoms. The van der Waals surface area contributed by atoms with Crippen LogP contribution in [0.4, 0.5) is 0 Å². The van der Waals surface area contributed by atoms with Crippen molar-refractivity contribution in [2.45, 2.75) is 26.3 Å². The molecule has 0 radical (unpaired) electrons. The van der Waals surface area contributed by atoms with Gasteiger partial charge >= 0.3 is 0 Å². The van der Waals surface area contributed by atoms with Gasteiger partial charge in [-0.1, -0.05) is 12.1 Å².